The highest BCUT2D eigenvalue weighted by atomic mass is 127. The molecular weight excluding hydrogens is 485 g/mol. The summed E-state index contributed by atoms with van der Waals surface area (Å²) in [7, 11) is 1.62. The Hall–Kier alpha value is -2.52. The maximum atomic E-state index is 12.4. The van der Waals surface area contributed by atoms with E-state index in [1.807, 2.05) is 48.7 Å². The molecule has 2 aromatic carbocycles. The monoisotopic (exact) mass is 501 g/mol. The van der Waals surface area contributed by atoms with Gasteiger partial charge in [-0.15, -0.1) is 0 Å². The maximum Gasteiger partial charge on any atom is 0.264 e. The van der Waals surface area contributed by atoms with Gasteiger partial charge in [0.1, 0.15) is 5.75 Å². The van der Waals surface area contributed by atoms with Crippen molar-refractivity contribution in [2.75, 3.05) is 7.11 Å². The summed E-state index contributed by atoms with van der Waals surface area (Å²) in [6, 6.07) is 19.6. The number of carbonyl (C=O) groups is 1. The van der Waals surface area contributed by atoms with Crippen LogP contribution in [0.3, 0.4) is 0 Å². The van der Waals surface area contributed by atoms with Gasteiger partial charge >= 0.3 is 0 Å². The molecule has 140 valence electrons. The van der Waals surface area contributed by atoms with E-state index in [0.717, 1.165) is 22.8 Å². The summed E-state index contributed by atoms with van der Waals surface area (Å²) in [6.45, 7) is 0. The number of amidine groups is 1. The van der Waals surface area contributed by atoms with Gasteiger partial charge < -0.3 is 14.6 Å². The predicted molar refractivity (Wildman–Crippen MR) is 122 cm³/mol. The normalized spacial score (nSPS) is 16.6. The van der Waals surface area contributed by atoms with Crippen LogP contribution < -0.4 is 10.1 Å². The van der Waals surface area contributed by atoms with E-state index in [-0.39, 0.29) is 5.91 Å². The lowest BCUT2D eigenvalue weighted by molar-refractivity contribution is -0.115. The standard InChI is InChI=1S/C21H16IN3O2S/c1-27-18-10-6-15(7-11-18)23-21-24-20(26)19(28-21)13-17-3-2-12-25(17)16-8-4-14(22)5-9-16/h2-13H,1H3,(H,23,24,26)/b19-13+. The van der Waals surface area contributed by atoms with Crippen LogP contribution >= 0.6 is 34.4 Å². The zero-order valence-electron chi connectivity index (χ0n) is 14.9. The molecule has 1 aromatic heterocycles. The van der Waals surface area contributed by atoms with E-state index in [0.29, 0.717) is 10.1 Å². The summed E-state index contributed by atoms with van der Waals surface area (Å²) in [5.74, 6) is 0.622. The minimum Gasteiger partial charge on any atom is -0.497 e. The second-order valence-electron chi connectivity index (χ2n) is 5.96. The lowest BCUT2D eigenvalue weighted by Crippen LogP contribution is -2.19. The van der Waals surface area contributed by atoms with Crippen LogP contribution in [0.2, 0.25) is 0 Å². The number of amides is 1. The number of nitrogens with one attached hydrogen (secondary N) is 1. The number of rotatable bonds is 4. The predicted octanol–water partition coefficient (Wildman–Crippen LogP) is 4.98. The van der Waals surface area contributed by atoms with E-state index in [1.54, 1.807) is 7.11 Å². The maximum absolute atomic E-state index is 12.4. The Morgan fingerprint density at radius 3 is 2.57 bits per heavy atom. The van der Waals surface area contributed by atoms with Crippen LogP contribution in [0.25, 0.3) is 11.8 Å². The fraction of sp³-hybridized carbons (Fsp3) is 0.0476. The molecule has 1 aliphatic rings. The first-order chi connectivity index (χ1) is 13.6. The van der Waals surface area contributed by atoms with Crippen LogP contribution in [0.1, 0.15) is 5.69 Å². The highest BCUT2D eigenvalue weighted by Crippen LogP contribution is 2.29. The number of carbonyl (C=O) groups excluding carboxylic acids is 1. The molecule has 0 bridgehead atoms. The van der Waals surface area contributed by atoms with Crippen LogP contribution in [-0.4, -0.2) is 22.8 Å². The Bertz CT molecular complexity index is 1070. The molecule has 7 heteroatoms. The van der Waals surface area contributed by atoms with Crippen molar-refractivity contribution in [1.29, 1.82) is 0 Å². The van der Waals surface area contributed by atoms with Crippen molar-refractivity contribution < 1.29 is 9.53 Å². The van der Waals surface area contributed by atoms with E-state index in [9.17, 15) is 4.79 Å². The van der Waals surface area contributed by atoms with Gasteiger partial charge in [-0.05, 0) is 101 Å². The third kappa shape index (κ3) is 4.15. The summed E-state index contributed by atoms with van der Waals surface area (Å²) in [4.78, 5) is 17.5. The molecule has 2 heterocycles. The molecule has 1 amide bonds. The van der Waals surface area contributed by atoms with E-state index in [2.05, 4.69) is 61.7 Å². The summed E-state index contributed by atoms with van der Waals surface area (Å²) in [6.07, 6.45) is 3.87. The molecule has 0 atom stereocenters. The number of benzene rings is 2. The zero-order chi connectivity index (χ0) is 19.5. The fourth-order valence-corrected chi connectivity index (χ4v) is 3.92. The quantitative estimate of drug-likeness (QED) is 0.405. The van der Waals surface area contributed by atoms with Gasteiger partial charge in [-0.3, -0.25) is 4.79 Å². The van der Waals surface area contributed by atoms with Gasteiger partial charge in [-0.2, -0.15) is 0 Å². The van der Waals surface area contributed by atoms with Crippen molar-refractivity contribution >= 4 is 57.2 Å². The molecule has 28 heavy (non-hydrogen) atoms. The van der Waals surface area contributed by atoms with Crippen molar-refractivity contribution in [3.05, 3.63) is 81.0 Å². The number of methoxy groups -OCH3 is 1. The van der Waals surface area contributed by atoms with E-state index >= 15 is 0 Å². The zero-order valence-corrected chi connectivity index (χ0v) is 17.9. The molecule has 4 rings (SSSR count). The molecule has 0 unspecified atom stereocenters. The molecule has 1 saturated heterocycles. The van der Waals surface area contributed by atoms with Gasteiger partial charge in [-0.25, -0.2) is 4.99 Å². The van der Waals surface area contributed by atoms with Crippen LogP contribution in [0, 0.1) is 3.57 Å². The molecular formula is C21H16IN3O2S. The van der Waals surface area contributed by atoms with E-state index in [1.165, 1.54) is 15.3 Å². The number of ether oxygens (including phenoxy) is 1. The third-order valence-corrected chi connectivity index (χ3v) is 5.75. The van der Waals surface area contributed by atoms with Gasteiger partial charge in [0, 0.05) is 21.1 Å². The molecule has 0 radical (unpaired) electrons. The highest BCUT2D eigenvalue weighted by molar-refractivity contribution is 14.1. The molecule has 1 fully saturated rings. The Morgan fingerprint density at radius 2 is 1.86 bits per heavy atom. The highest BCUT2D eigenvalue weighted by Gasteiger charge is 2.24. The number of halogens is 1. The van der Waals surface area contributed by atoms with Gasteiger partial charge in [0.2, 0.25) is 0 Å². The first-order valence-electron chi connectivity index (χ1n) is 8.49. The Balaban J connectivity index is 1.58. The van der Waals surface area contributed by atoms with Gasteiger partial charge in [-0.1, -0.05) is 0 Å². The van der Waals surface area contributed by atoms with Gasteiger partial charge in [0.25, 0.3) is 5.91 Å². The summed E-state index contributed by atoms with van der Waals surface area (Å²) < 4.78 is 8.38. The van der Waals surface area contributed by atoms with Crippen LogP contribution in [0.4, 0.5) is 5.69 Å². The lowest BCUT2D eigenvalue weighted by atomic mass is 10.3. The van der Waals surface area contributed by atoms with Crippen molar-refractivity contribution in [3.8, 4) is 11.4 Å². The lowest BCUT2D eigenvalue weighted by Gasteiger charge is -2.07. The molecule has 1 N–H and O–H groups in total. The number of aliphatic imine (C=N–C) groups is 1. The van der Waals surface area contributed by atoms with Crippen LogP contribution in [-0.2, 0) is 4.79 Å². The smallest absolute Gasteiger partial charge is 0.264 e. The summed E-state index contributed by atoms with van der Waals surface area (Å²) in [5.41, 5.74) is 2.74. The van der Waals surface area contributed by atoms with Crippen molar-refractivity contribution in [2.45, 2.75) is 0 Å². The average molecular weight is 501 g/mol. The third-order valence-electron chi connectivity index (χ3n) is 4.12. The minimum atomic E-state index is -0.146. The molecule has 3 aromatic rings. The number of thioether (sulfide) groups is 1. The van der Waals surface area contributed by atoms with Crippen molar-refractivity contribution in [3.63, 3.8) is 0 Å². The minimum absolute atomic E-state index is 0.146. The molecule has 0 saturated carbocycles. The number of nitrogens with zero attached hydrogens (tertiary/aromatic N) is 2. The molecule has 1 aliphatic heterocycles. The molecule has 0 spiro atoms. The molecule has 5 nitrogen and oxygen atoms in total. The second-order valence-corrected chi connectivity index (χ2v) is 8.24. The Morgan fingerprint density at radius 1 is 1.11 bits per heavy atom. The fourth-order valence-electron chi connectivity index (χ4n) is 2.74. The van der Waals surface area contributed by atoms with Gasteiger partial charge in [0.05, 0.1) is 17.7 Å². The topological polar surface area (TPSA) is 55.6 Å². The second kappa shape index (κ2) is 8.24. The van der Waals surface area contributed by atoms with Crippen LogP contribution in [0.5, 0.6) is 5.75 Å². The van der Waals surface area contributed by atoms with Crippen molar-refractivity contribution in [1.82, 2.24) is 9.88 Å². The first kappa shape index (κ1) is 18.8. The number of hydrogen-bond acceptors (Lipinski definition) is 4. The van der Waals surface area contributed by atoms with Gasteiger partial charge in [0.15, 0.2) is 5.17 Å². The van der Waals surface area contributed by atoms with E-state index < -0.39 is 0 Å². The first-order valence-corrected chi connectivity index (χ1v) is 10.4. The summed E-state index contributed by atoms with van der Waals surface area (Å²) >= 11 is 3.62. The number of aromatic nitrogens is 1. The van der Waals surface area contributed by atoms with Crippen LogP contribution in [0.15, 0.2) is 76.8 Å². The van der Waals surface area contributed by atoms with E-state index in [4.69, 9.17) is 4.74 Å². The largest absolute Gasteiger partial charge is 0.497 e. The SMILES string of the molecule is COc1ccc(N=C2NC(=O)/C(=C\c3cccn3-c3ccc(I)cc3)S2)cc1. The Kier molecular flexibility index (Phi) is 5.54. The molecule has 0 aliphatic carbocycles. The number of hydrogen-bond donors (Lipinski definition) is 1. The Labute approximate surface area is 180 Å². The van der Waals surface area contributed by atoms with Crippen molar-refractivity contribution in [2.24, 2.45) is 4.99 Å². The summed E-state index contributed by atoms with van der Waals surface area (Å²) in [5, 5.41) is 3.39. The average Bonchev–Trinajstić information content (AvgIpc) is 3.30.